The topological polar surface area (TPSA) is 49.4 Å². The van der Waals surface area contributed by atoms with Gasteiger partial charge in [-0.15, -0.1) is 11.8 Å². The fraction of sp³-hybridized carbons (Fsp3) is 0.364. The van der Waals surface area contributed by atoms with Crippen molar-refractivity contribution in [1.82, 2.24) is 10.2 Å². The van der Waals surface area contributed by atoms with Crippen LogP contribution in [0.25, 0.3) is 0 Å². The number of amides is 2. The minimum Gasteiger partial charge on any atom is -0.355 e. The molecular formula is C22H25Cl2FN2O2S. The number of thioether (sulfide) groups is 1. The number of carbonyl (C=O) groups excluding carboxylic acids is 2. The molecule has 0 radical (unpaired) electrons. The average Bonchev–Trinajstić information content (AvgIpc) is 2.71. The molecule has 8 heteroatoms. The monoisotopic (exact) mass is 470 g/mol. The predicted octanol–water partition coefficient (Wildman–Crippen LogP) is 5.31. The summed E-state index contributed by atoms with van der Waals surface area (Å²) < 4.78 is 14.0. The van der Waals surface area contributed by atoms with Crippen LogP contribution in [0.5, 0.6) is 0 Å². The van der Waals surface area contributed by atoms with Crippen molar-refractivity contribution in [2.45, 2.75) is 38.6 Å². The van der Waals surface area contributed by atoms with Gasteiger partial charge in [0, 0.05) is 34.5 Å². The van der Waals surface area contributed by atoms with Crippen molar-refractivity contribution in [1.29, 1.82) is 0 Å². The van der Waals surface area contributed by atoms with Crippen LogP contribution in [0.15, 0.2) is 42.5 Å². The minimum atomic E-state index is -0.619. The molecule has 0 aliphatic carbocycles. The van der Waals surface area contributed by atoms with Gasteiger partial charge in [-0.05, 0) is 37.1 Å². The van der Waals surface area contributed by atoms with Crippen LogP contribution in [-0.4, -0.2) is 35.1 Å². The molecule has 162 valence electrons. The van der Waals surface area contributed by atoms with Crippen molar-refractivity contribution in [3.05, 3.63) is 69.5 Å². The van der Waals surface area contributed by atoms with Crippen molar-refractivity contribution in [3.63, 3.8) is 0 Å². The van der Waals surface area contributed by atoms with E-state index in [9.17, 15) is 14.0 Å². The van der Waals surface area contributed by atoms with Crippen LogP contribution in [0, 0.1) is 5.82 Å². The number of benzene rings is 2. The second-order valence-corrected chi connectivity index (χ2v) is 8.42. The molecule has 2 rings (SSSR count). The Kier molecular flexibility index (Phi) is 9.95. The first-order valence-electron chi connectivity index (χ1n) is 9.70. The van der Waals surface area contributed by atoms with Crippen LogP contribution < -0.4 is 5.32 Å². The maximum Gasteiger partial charge on any atom is 0.242 e. The Morgan fingerprint density at radius 2 is 1.80 bits per heavy atom. The summed E-state index contributed by atoms with van der Waals surface area (Å²) in [7, 11) is 0. The van der Waals surface area contributed by atoms with Gasteiger partial charge in [-0.1, -0.05) is 54.4 Å². The van der Waals surface area contributed by atoms with Crippen LogP contribution in [0.2, 0.25) is 10.0 Å². The first-order chi connectivity index (χ1) is 14.4. The van der Waals surface area contributed by atoms with E-state index in [0.29, 0.717) is 28.6 Å². The van der Waals surface area contributed by atoms with Crippen molar-refractivity contribution in [3.8, 4) is 0 Å². The summed E-state index contributed by atoms with van der Waals surface area (Å²) in [5.74, 6) is -0.475. The molecule has 2 amide bonds. The van der Waals surface area contributed by atoms with Gasteiger partial charge in [-0.2, -0.15) is 0 Å². The van der Waals surface area contributed by atoms with Crippen molar-refractivity contribution >= 4 is 46.8 Å². The second kappa shape index (κ2) is 12.2. The third-order valence-electron chi connectivity index (χ3n) is 4.57. The molecule has 0 aliphatic heterocycles. The Bertz CT molecular complexity index is 862. The van der Waals surface area contributed by atoms with Crippen LogP contribution >= 0.6 is 35.0 Å². The van der Waals surface area contributed by atoms with E-state index in [0.717, 1.165) is 5.56 Å². The molecule has 0 heterocycles. The maximum absolute atomic E-state index is 14.0. The molecule has 0 spiro atoms. The number of hydrogen-bond acceptors (Lipinski definition) is 3. The molecule has 1 N–H and O–H groups in total. The third kappa shape index (κ3) is 6.62. The van der Waals surface area contributed by atoms with E-state index in [-0.39, 0.29) is 29.9 Å². The van der Waals surface area contributed by atoms with Gasteiger partial charge in [0.25, 0.3) is 0 Å². The highest BCUT2D eigenvalue weighted by Crippen LogP contribution is 2.25. The largest absolute Gasteiger partial charge is 0.355 e. The second-order valence-electron chi connectivity index (χ2n) is 6.62. The third-order valence-corrected chi connectivity index (χ3v) is 6.24. The quantitative estimate of drug-likeness (QED) is 0.511. The summed E-state index contributed by atoms with van der Waals surface area (Å²) >= 11 is 13.6. The fourth-order valence-electron chi connectivity index (χ4n) is 3.02. The maximum atomic E-state index is 14.0. The van der Waals surface area contributed by atoms with Gasteiger partial charge in [0.1, 0.15) is 11.9 Å². The Labute approximate surface area is 191 Å². The first kappa shape index (κ1) is 24.5. The van der Waals surface area contributed by atoms with E-state index in [1.165, 1.54) is 17.8 Å². The van der Waals surface area contributed by atoms with Gasteiger partial charge < -0.3 is 10.2 Å². The number of halogens is 3. The number of nitrogens with one attached hydrogen (secondary N) is 1. The molecule has 2 aromatic rings. The Balaban J connectivity index is 2.16. The minimum absolute atomic E-state index is 0.0883. The van der Waals surface area contributed by atoms with Crippen molar-refractivity contribution < 1.29 is 14.0 Å². The molecule has 0 aliphatic rings. The van der Waals surface area contributed by atoms with Crippen molar-refractivity contribution in [2.75, 3.05) is 12.3 Å². The lowest BCUT2D eigenvalue weighted by Gasteiger charge is -2.30. The molecule has 2 aromatic carbocycles. The fourth-order valence-corrected chi connectivity index (χ4v) is 4.46. The number of rotatable bonds is 10. The molecule has 0 saturated heterocycles. The summed E-state index contributed by atoms with van der Waals surface area (Å²) in [4.78, 5) is 27.2. The highest BCUT2D eigenvalue weighted by Gasteiger charge is 2.28. The first-order valence-corrected chi connectivity index (χ1v) is 11.6. The highest BCUT2D eigenvalue weighted by molar-refractivity contribution is 7.99. The van der Waals surface area contributed by atoms with Crippen LogP contribution in [0.3, 0.4) is 0 Å². The zero-order valence-corrected chi connectivity index (χ0v) is 19.3. The van der Waals surface area contributed by atoms with Crippen molar-refractivity contribution in [2.24, 2.45) is 0 Å². The van der Waals surface area contributed by atoms with Gasteiger partial charge in [-0.3, -0.25) is 9.59 Å². The number of carbonyl (C=O) groups is 2. The Morgan fingerprint density at radius 3 is 2.43 bits per heavy atom. The highest BCUT2D eigenvalue weighted by atomic mass is 35.5. The molecule has 0 aromatic heterocycles. The summed E-state index contributed by atoms with van der Waals surface area (Å²) in [5, 5.41) is 3.65. The van der Waals surface area contributed by atoms with E-state index < -0.39 is 11.9 Å². The SMILES string of the molecule is CCNC(=O)C(CC)N(Cc1ccccc1Cl)C(=O)CSCc1c(F)cccc1Cl. The van der Waals surface area contributed by atoms with E-state index >= 15 is 0 Å². The van der Waals surface area contributed by atoms with Gasteiger partial charge >= 0.3 is 0 Å². The van der Waals surface area contributed by atoms with E-state index in [1.807, 2.05) is 32.0 Å². The normalized spacial score (nSPS) is 11.8. The van der Waals surface area contributed by atoms with E-state index in [4.69, 9.17) is 23.2 Å². The Hall–Kier alpha value is -1.76. The van der Waals surface area contributed by atoms with Crippen LogP contribution in [0.1, 0.15) is 31.4 Å². The standard InChI is InChI=1S/C22H25Cl2FN2O2S/c1-3-20(22(29)26-4-2)27(12-15-8-5-6-9-17(15)23)21(28)14-30-13-16-18(24)10-7-11-19(16)25/h5-11,20H,3-4,12-14H2,1-2H3,(H,26,29). The van der Waals surface area contributed by atoms with E-state index in [2.05, 4.69) is 5.32 Å². The molecule has 1 unspecified atom stereocenters. The number of hydrogen-bond donors (Lipinski definition) is 1. The average molecular weight is 471 g/mol. The van der Waals surface area contributed by atoms with Gasteiger partial charge in [0.05, 0.1) is 5.75 Å². The zero-order valence-electron chi connectivity index (χ0n) is 17.0. The summed E-state index contributed by atoms with van der Waals surface area (Å²) in [6.45, 7) is 4.39. The number of nitrogens with zero attached hydrogens (tertiary/aromatic N) is 1. The lowest BCUT2D eigenvalue weighted by Crippen LogP contribution is -2.49. The summed E-state index contributed by atoms with van der Waals surface area (Å²) in [6.07, 6.45) is 0.464. The smallest absolute Gasteiger partial charge is 0.242 e. The molecule has 0 bridgehead atoms. The zero-order chi connectivity index (χ0) is 22.1. The molecule has 1 atom stereocenters. The van der Waals surface area contributed by atoms with Crippen LogP contribution in [-0.2, 0) is 21.9 Å². The lowest BCUT2D eigenvalue weighted by atomic mass is 10.1. The molecule has 0 saturated carbocycles. The van der Waals surface area contributed by atoms with Crippen LogP contribution in [0.4, 0.5) is 4.39 Å². The van der Waals surface area contributed by atoms with Gasteiger partial charge in [-0.25, -0.2) is 4.39 Å². The molecular weight excluding hydrogens is 446 g/mol. The Morgan fingerprint density at radius 1 is 1.10 bits per heavy atom. The molecule has 30 heavy (non-hydrogen) atoms. The lowest BCUT2D eigenvalue weighted by molar-refractivity contribution is -0.139. The molecule has 4 nitrogen and oxygen atoms in total. The van der Waals surface area contributed by atoms with Gasteiger partial charge in [0.15, 0.2) is 0 Å². The van der Waals surface area contributed by atoms with E-state index in [1.54, 1.807) is 23.1 Å². The van der Waals surface area contributed by atoms with Gasteiger partial charge in [0.2, 0.25) is 11.8 Å². The molecule has 0 fully saturated rings. The summed E-state index contributed by atoms with van der Waals surface area (Å²) in [5.41, 5.74) is 1.13. The summed E-state index contributed by atoms with van der Waals surface area (Å²) in [6, 6.07) is 11.1. The predicted molar refractivity (Wildman–Crippen MR) is 122 cm³/mol. The number of likely N-dealkylation sites (N-methyl/N-ethyl adjacent to an activating group) is 1.